The lowest BCUT2D eigenvalue weighted by atomic mass is 10.2. The lowest BCUT2D eigenvalue weighted by Crippen LogP contribution is -2.13. The van der Waals surface area contributed by atoms with Gasteiger partial charge in [-0.3, -0.25) is 4.79 Å². The Balaban J connectivity index is 1.59. The molecular weight excluding hydrogens is 355 g/mol. The zero-order valence-electron chi connectivity index (χ0n) is 13.9. The minimum Gasteiger partial charge on any atom is -0.301 e. The maximum Gasteiger partial charge on any atom is 0.236 e. The second-order valence-electron chi connectivity index (χ2n) is 5.65. The molecule has 0 saturated carbocycles. The van der Waals surface area contributed by atoms with Gasteiger partial charge in [0.1, 0.15) is 5.82 Å². The molecule has 0 atom stereocenters. The number of amides is 1. The van der Waals surface area contributed by atoms with E-state index in [0.29, 0.717) is 10.9 Å². The molecule has 0 bridgehead atoms. The highest BCUT2D eigenvalue weighted by Gasteiger charge is 2.09. The lowest BCUT2D eigenvalue weighted by Gasteiger charge is -2.06. The molecule has 128 valence electrons. The fourth-order valence-electron chi connectivity index (χ4n) is 2.34. The van der Waals surface area contributed by atoms with E-state index in [-0.39, 0.29) is 11.7 Å². The van der Waals surface area contributed by atoms with Gasteiger partial charge in [0.25, 0.3) is 0 Å². The molecule has 25 heavy (non-hydrogen) atoms. The molecule has 0 spiro atoms. The minimum atomic E-state index is -0.282. The molecule has 0 saturated heterocycles. The molecule has 1 amide bonds. The minimum absolute atomic E-state index is 0.0926. The van der Waals surface area contributed by atoms with Crippen molar-refractivity contribution < 1.29 is 9.18 Å². The molecule has 2 aromatic carbocycles. The number of thiazole rings is 1. The number of anilines is 1. The number of aryl methyl sites for hydroxylation is 2. The van der Waals surface area contributed by atoms with Crippen LogP contribution in [0.15, 0.2) is 52.7 Å². The number of nitrogens with zero attached hydrogens (tertiary/aromatic N) is 1. The van der Waals surface area contributed by atoms with Gasteiger partial charge in [0, 0.05) is 15.8 Å². The Morgan fingerprint density at radius 2 is 1.96 bits per heavy atom. The molecule has 0 aliphatic heterocycles. The Bertz CT molecular complexity index is 891. The maximum atomic E-state index is 13.0. The Kier molecular flexibility index (Phi) is 5.50. The lowest BCUT2D eigenvalue weighted by molar-refractivity contribution is -0.113. The van der Waals surface area contributed by atoms with E-state index in [4.69, 9.17) is 0 Å². The van der Waals surface area contributed by atoms with Crippen LogP contribution in [0, 0.1) is 19.7 Å². The van der Waals surface area contributed by atoms with Gasteiger partial charge in [-0.1, -0.05) is 17.7 Å². The van der Waals surface area contributed by atoms with Gasteiger partial charge in [-0.05, 0) is 49.7 Å². The van der Waals surface area contributed by atoms with Crippen LogP contribution in [0.5, 0.6) is 0 Å². The normalized spacial score (nSPS) is 10.7. The molecule has 0 aliphatic carbocycles. The van der Waals surface area contributed by atoms with Crippen LogP contribution in [0.25, 0.3) is 11.3 Å². The fraction of sp³-hybridized carbons (Fsp3) is 0.158. The average molecular weight is 372 g/mol. The van der Waals surface area contributed by atoms with Crippen molar-refractivity contribution in [1.82, 2.24) is 4.98 Å². The van der Waals surface area contributed by atoms with E-state index in [1.807, 2.05) is 24.4 Å². The highest BCUT2D eigenvalue weighted by molar-refractivity contribution is 8.00. The van der Waals surface area contributed by atoms with Crippen molar-refractivity contribution in [2.24, 2.45) is 0 Å². The molecule has 3 aromatic rings. The van der Waals surface area contributed by atoms with Crippen molar-refractivity contribution >= 4 is 34.1 Å². The number of rotatable bonds is 5. The highest BCUT2D eigenvalue weighted by Crippen LogP contribution is 2.26. The van der Waals surface area contributed by atoms with Crippen LogP contribution < -0.4 is 5.32 Å². The van der Waals surface area contributed by atoms with Crippen LogP contribution in [0.3, 0.4) is 0 Å². The number of carbonyl (C=O) groups excluding carboxylic acids is 1. The van der Waals surface area contributed by atoms with Gasteiger partial charge in [0.15, 0.2) is 5.13 Å². The third-order valence-electron chi connectivity index (χ3n) is 3.58. The molecule has 3 rings (SSSR count). The highest BCUT2D eigenvalue weighted by atomic mass is 32.2. The molecule has 0 radical (unpaired) electrons. The number of hydrogen-bond donors (Lipinski definition) is 1. The predicted octanol–water partition coefficient (Wildman–Crippen LogP) is 5.30. The topological polar surface area (TPSA) is 42.0 Å². The number of nitrogens with one attached hydrogen (secondary N) is 1. The molecule has 0 unspecified atom stereocenters. The van der Waals surface area contributed by atoms with E-state index >= 15 is 0 Å². The third kappa shape index (κ3) is 4.67. The van der Waals surface area contributed by atoms with E-state index in [0.717, 1.165) is 16.2 Å². The van der Waals surface area contributed by atoms with E-state index < -0.39 is 0 Å². The summed E-state index contributed by atoms with van der Waals surface area (Å²) in [7, 11) is 0. The zero-order valence-corrected chi connectivity index (χ0v) is 15.5. The maximum absolute atomic E-state index is 13.0. The molecule has 0 fully saturated rings. The average Bonchev–Trinajstić information content (AvgIpc) is 3.03. The second kappa shape index (κ2) is 7.80. The summed E-state index contributed by atoms with van der Waals surface area (Å²) in [5, 5.41) is 5.21. The number of carbonyl (C=O) groups is 1. The molecule has 0 aliphatic rings. The molecule has 3 nitrogen and oxygen atoms in total. The van der Waals surface area contributed by atoms with Gasteiger partial charge in [0.05, 0.1) is 11.4 Å². The van der Waals surface area contributed by atoms with Gasteiger partial charge >= 0.3 is 0 Å². The summed E-state index contributed by atoms with van der Waals surface area (Å²) in [6.07, 6.45) is 0. The first kappa shape index (κ1) is 17.6. The first-order valence-corrected chi connectivity index (χ1v) is 9.59. The summed E-state index contributed by atoms with van der Waals surface area (Å²) in [6, 6.07) is 12.3. The summed E-state index contributed by atoms with van der Waals surface area (Å²) in [5.74, 6) is -0.0454. The van der Waals surface area contributed by atoms with Crippen LogP contribution in [0.4, 0.5) is 9.52 Å². The van der Waals surface area contributed by atoms with E-state index in [9.17, 15) is 9.18 Å². The summed E-state index contributed by atoms with van der Waals surface area (Å²) in [6.45, 7) is 4.10. The third-order valence-corrected chi connectivity index (χ3v) is 5.51. The van der Waals surface area contributed by atoms with Crippen molar-refractivity contribution in [1.29, 1.82) is 0 Å². The standard InChI is InChI=1S/C19H17FN2OS2/c1-12-3-8-17(13(2)9-12)24-11-18(23)22-19-21-16(10-25-19)14-4-6-15(20)7-5-14/h3-10H,11H2,1-2H3,(H,21,22,23). The number of thioether (sulfide) groups is 1. The largest absolute Gasteiger partial charge is 0.301 e. The molecule has 6 heteroatoms. The van der Waals surface area contributed by atoms with E-state index in [2.05, 4.69) is 23.3 Å². The van der Waals surface area contributed by atoms with Crippen molar-refractivity contribution in [2.45, 2.75) is 18.7 Å². The Hall–Kier alpha value is -2.18. The van der Waals surface area contributed by atoms with Crippen LogP contribution in [0.2, 0.25) is 0 Å². The van der Waals surface area contributed by atoms with Crippen LogP contribution in [-0.2, 0) is 4.79 Å². The van der Waals surface area contributed by atoms with Crippen molar-refractivity contribution in [2.75, 3.05) is 11.1 Å². The number of aromatic nitrogens is 1. The van der Waals surface area contributed by atoms with Crippen molar-refractivity contribution in [3.8, 4) is 11.3 Å². The van der Waals surface area contributed by atoms with E-state index in [1.165, 1.54) is 46.4 Å². The summed E-state index contributed by atoms with van der Waals surface area (Å²) < 4.78 is 13.0. The molecule has 1 heterocycles. The quantitative estimate of drug-likeness (QED) is 0.618. The predicted molar refractivity (Wildman–Crippen MR) is 103 cm³/mol. The van der Waals surface area contributed by atoms with E-state index in [1.54, 1.807) is 12.1 Å². The van der Waals surface area contributed by atoms with Crippen molar-refractivity contribution in [3.05, 3.63) is 64.8 Å². The Morgan fingerprint density at radius 3 is 2.68 bits per heavy atom. The van der Waals surface area contributed by atoms with Crippen LogP contribution >= 0.6 is 23.1 Å². The van der Waals surface area contributed by atoms with Gasteiger partial charge in [-0.15, -0.1) is 23.1 Å². The summed E-state index contributed by atoms with van der Waals surface area (Å²) in [5.41, 5.74) is 3.93. The molecule has 1 N–H and O–H groups in total. The first-order valence-electron chi connectivity index (χ1n) is 7.72. The summed E-state index contributed by atoms with van der Waals surface area (Å²) >= 11 is 2.87. The first-order chi connectivity index (χ1) is 12.0. The van der Waals surface area contributed by atoms with Gasteiger partial charge in [-0.25, -0.2) is 9.37 Å². The van der Waals surface area contributed by atoms with Gasteiger partial charge in [-0.2, -0.15) is 0 Å². The number of halogens is 1. The van der Waals surface area contributed by atoms with Crippen LogP contribution in [0.1, 0.15) is 11.1 Å². The van der Waals surface area contributed by atoms with Crippen LogP contribution in [-0.4, -0.2) is 16.6 Å². The molecular formula is C19H17FN2OS2. The summed E-state index contributed by atoms with van der Waals surface area (Å²) in [4.78, 5) is 17.6. The zero-order chi connectivity index (χ0) is 17.8. The van der Waals surface area contributed by atoms with Crippen molar-refractivity contribution in [3.63, 3.8) is 0 Å². The van der Waals surface area contributed by atoms with Gasteiger partial charge in [0.2, 0.25) is 5.91 Å². The molecule has 1 aromatic heterocycles. The monoisotopic (exact) mass is 372 g/mol. The number of benzene rings is 2. The Morgan fingerprint density at radius 1 is 1.20 bits per heavy atom. The smallest absolute Gasteiger partial charge is 0.236 e. The Labute approximate surface area is 154 Å². The fourth-order valence-corrected chi connectivity index (χ4v) is 3.89. The second-order valence-corrected chi connectivity index (χ2v) is 7.53. The SMILES string of the molecule is Cc1ccc(SCC(=O)Nc2nc(-c3ccc(F)cc3)cs2)c(C)c1. The van der Waals surface area contributed by atoms with Gasteiger partial charge < -0.3 is 5.32 Å². The number of hydrogen-bond acceptors (Lipinski definition) is 4.